The van der Waals surface area contributed by atoms with Gasteiger partial charge in [0.1, 0.15) is 5.82 Å². The van der Waals surface area contributed by atoms with Crippen molar-refractivity contribution in [3.05, 3.63) is 35.1 Å². The van der Waals surface area contributed by atoms with Crippen molar-refractivity contribution in [2.45, 2.75) is 32.9 Å². The van der Waals surface area contributed by atoms with Crippen LogP contribution in [0.4, 0.5) is 4.39 Å². The molecule has 19 heavy (non-hydrogen) atoms. The van der Waals surface area contributed by atoms with Crippen LogP contribution in [-0.2, 0) is 6.54 Å². The molecule has 5 heteroatoms. The Hall–Kier alpha value is -1.62. The number of halogens is 1. The molecular weight excluding hydrogens is 245 g/mol. The van der Waals surface area contributed by atoms with Crippen LogP contribution in [0.1, 0.15) is 31.4 Å². The number of rotatable bonds is 3. The van der Waals surface area contributed by atoms with E-state index in [2.05, 4.69) is 23.9 Å². The van der Waals surface area contributed by atoms with Crippen LogP contribution < -0.4 is 5.73 Å². The average Bonchev–Trinajstić information content (AvgIpc) is 2.66. The highest BCUT2D eigenvalue weighted by atomic mass is 19.1. The molecule has 0 radical (unpaired) electrons. The van der Waals surface area contributed by atoms with Crippen molar-refractivity contribution >= 4 is 5.84 Å². The van der Waals surface area contributed by atoms with Gasteiger partial charge in [0.05, 0.1) is 0 Å². The van der Waals surface area contributed by atoms with E-state index in [1.807, 2.05) is 0 Å². The summed E-state index contributed by atoms with van der Waals surface area (Å²) in [5, 5.41) is 11.6. The first-order valence-electron chi connectivity index (χ1n) is 6.51. The summed E-state index contributed by atoms with van der Waals surface area (Å²) in [6.45, 7) is 6.13. The zero-order valence-corrected chi connectivity index (χ0v) is 11.3. The van der Waals surface area contributed by atoms with Gasteiger partial charge in [-0.25, -0.2) is 4.39 Å². The summed E-state index contributed by atoms with van der Waals surface area (Å²) in [6, 6.07) is 5.05. The van der Waals surface area contributed by atoms with Gasteiger partial charge in [0.15, 0.2) is 5.84 Å². The topological polar surface area (TPSA) is 61.8 Å². The summed E-state index contributed by atoms with van der Waals surface area (Å²) >= 11 is 0. The lowest BCUT2D eigenvalue weighted by molar-refractivity contribution is 0.256. The Kier molecular flexibility index (Phi) is 4.04. The van der Waals surface area contributed by atoms with Gasteiger partial charge in [-0.2, -0.15) is 0 Å². The van der Waals surface area contributed by atoms with Crippen molar-refractivity contribution in [2.75, 3.05) is 6.54 Å². The summed E-state index contributed by atoms with van der Waals surface area (Å²) in [5.74, 6) is 0.245. The van der Waals surface area contributed by atoms with Gasteiger partial charge in [0.25, 0.3) is 0 Å². The van der Waals surface area contributed by atoms with Gasteiger partial charge >= 0.3 is 0 Å². The minimum Gasteiger partial charge on any atom is -0.409 e. The van der Waals surface area contributed by atoms with Crippen LogP contribution in [0, 0.1) is 11.7 Å². The first-order valence-corrected chi connectivity index (χ1v) is 6.51. The Morgan fingerprint density at radius 2 is 2.21 bits per heavy atom. The number of hydrogen-bond acceptors (Lipinski definition) is 3. The number of benzene rings is 1. The summed E-state index contributed by atoms with van der Waals surface area (Å²) in [6.07, 6.45) is 1.17. The second-order valence-corrected chi connectivity index (χ2v) is 5.45. The highest BCUT2D eigenvalue weighted by Crippen LogP contribution is 2.24. The summed E-state index contributed by atoms with van der Waals surface area (Å²) in [7, 11) is 0. The van der Waals surface area contributed by atoms with Gasteiger partial charge in [0.2, 0.25) is 0 Å². The van der Waals surface area contributed by atoms with Crippen LogP contribution in [0.3, 0.4) is 0 Å². The minimum atomic E-state index is -0.362. The first-order chi connectivity index (χ1) is 8.99. The minimum absolute atomic E-state index is 0.0661. The van der Waals surface area contributed by atoms with Crippen molar-refractivity contribution in [3.8, 4) is 0 Å². The molecular formula is C14H20FN3O. The second kappa shape index (κ2) is 5.57. The molecule has 2 atom stereocenters. The number of hydrogen-bond donors (Lipinski definition) is 2. The van der Waals surface area contributed by atoms with Gasteiger partial charge in [-0.1, -0.05) is 12.1 Å². The van der Waals surface area contributed by atoms with Crippen LogP contribution >= 0.6 is 0 Å². The van der Waals surface area contributed by atoms with Crippen LogP contribution in [0.15, 0.2) is 23.4 Å². The number of nitrogens with zero attached hydrogens (tertiary/aromatic N) is 2. The SMILES string of the molecule is CC1CC(C)N(Cc2cc(F)cc(/C(N)=N/O)c2)C1. The largest absolute Gasteiger partial charge is 0.409 e. The third kappa shape index (κ3) is 3.23. The van der Waals surface area contributed by atoms with Crippen LogP contribution in [0.2, 0.25) is 0 Å². The number of oxime groups is 1. The molecule has 1 saturated heterocycles. The number of nitrogens with two attached hydrogens (primary N) is 1. The van der Waals surface area contributed by atoms with Gasteiger partial charge in [-0.3, -0.25) is 4.90 Å². The molecule has 2 unspecified atom stereocenters. The smallest absolute Gasteiger partial charge is 0.170 e. The zero-order chi connectivity index (χ0) is 14.0. The molecule has 104 valence electrons. The van der Waals surface area contributed by atoms with Crippen LogP contribution in [0.5, 0.6) is 0 Å². The van der Waals surface area contributed by atoms with Gasteiger partial charge < -0.3 is 10.9 Å². The maximum Gasteiger partial charge on any atom is 0.170 e. The lowest BCUT2D eigenvalue weighted by Gasteiger charge is -2.21. The van der Waals surface area contributed by atoms with Crippen molar-refractivity contribution in [2.24, 2.45) is 16.8 Å². The van der Waals surface area contributed by atoms with E-state index in [-0.39, 0.29) is 11.7 Å². The van der Waals surface area contributed by atoms with E-state index in [1.165, 1.54) is 18.6 Å². The van der Waals surface area contributed by atoms with Gasteiger partial charge in [0, 0.05) is 24.7 Å². The molecule has 0 bridgehead atoms. The standard InChI is InChI=1S/C14H20FN3O/c1-9-3-10(2)18(7-9)8-11-4-12(14(16)17-19)6-13(15)5-11/h4-6,9-10,19H,3,7-8H2,1-2H3,(H2,16,17). The highest BCUT2D eigenvalue weighted by molar-refractivity contribution is 5.97. The van der Waals surface area contributed by atoms with Crippen molar-refractivity contribution in [1.82, 2.24) is 4.90 Å². The maximum atomic E-state index is 13.6. The molecule has 0 aliphatic carbocycles. The van der Waals surface area contributed by atoms with E-state index < -0.39 is 0 Å². The summed E-state index contributed by atoms with van der Waals surface area (Å²) in [4.78, 5) is 2.33. The Morgan fingerprint density at radius 3 is 2.79 bits per heavy atom. The molecule has 3 N–H and O–H groups in total. The monoisotopic (exact) mass is 265 g/mol. The molecule has 0 amide bonds. The van der Waals surface area contributed by atoms with Crippen LogP contribution in [-0.4, -0.2) is 28.5 Å². The Balaban J connectivity index is 2.19. The van der Waals surface area contributed by atoms with Crippen molar-refractivity contribution < 1.29 is 9.60 Å². The molecule has 0 saturated carbocycles. The van der Waals surface area contributed by atoms with E-state index in [9.17, 15) is 4.39 Å². The van der Waals surface area contributed by atoms with E-state index >= 15 is 0 Å². The van der Waals surface area contributed by atoms with E-state index in [1.54, 1.807) is 6.07 Å². The molecule has 0 spiro atoms. The Bertz CT molecular complexity index is 490. The van der Waals surface area contributed by atoms with Gasteiger partial charge in [-0.05, 0) is 43.0 Å². The van der Waals surface area contributed by atoms with Crippen molar-refractivity contribution in [1.29, 1.82) is 0 Å². The fourth-order valence-corrected chi connectivity index (χ4v) is 2.79. The number of amidine groups is 1. The summed E-state index contributed by atoms with van der Waals surface area (Å²) in [5.41, 5.74) is 6.77. The molecule has 1 aromatic carbocycles. The lowest BCUT2D eigenvalue weighted by atomic mass is 10.1. The van der Waals surface area contributed by atoms with E-state index in [4.69, 9.17) is 10.9 Å². The molecule has 1 fully saturated rings. The first kappa shape index (κ1) is 13.8. The lowest BCUT2D eigenvalue weighted by Crippen LogP contribution is -2.26. The molecule has 4 nitrogen and oxygen atoms in total. The molecule has 1 aliphatic heterocycles. The predicted octanol–water partition coefficient (Wildman–Crippen LogP) is 2.15. The molecule has 2 rings (SSSR count). The fourth-order valence-electron chi connectivity index (χ4n) is 2.79. The molecule has 1 aromatic rings. The fraction of sp³-hybridized carbons (Fsp3) is 0.500. The van der Waals surface area contributed by atoms with E-state index in [0.29, 0.717) is 24.1 Å². The molecule has 1 aliphatic rings. The molecule has 1 heterocycles. The molecule has 0 aromatic heterocycles. The summed E-state index contributed by atoms with van der Waals surface area (Å²) < 4.78 is 13.6. The number of likely N-dealkylation sites (tertiary alicyclic amines) is 1. The Labute approximate surface area is 112 Å². The predicted molar refractivity (Wildman–Crippen MR) is 72.6 cm³/mol. The van der Waals surface area contributed by atoms with E-state index in [0.717, 1.165) is 12.1 Å². The van der Waals surface area contributed by atoms with Gasteiger partial charge in [-0.15, -0.1) is 0 Å². The van der Waals surface area contributed by atoms with Crippen LogP contribution in [0.25, 0.3) is 0 Å². The second-order valence-electron chi connectivity index (χ2n) is 5.45. The highest BCUT2D eigenvalue weighted by Gasteiger charge is 2.26. The normalized spacial score (nSPS) is 24.9. The van der Waals surface area contributed by atoms with Crippen molar-refractivity contribution in [3.63, 3.8) is 0 Å². The Morgan fingerprint density at radius 1 is 1.47 bits per heavy atom. The maximum absolute atomic E-state index is 13.6. The zero-order valence-electron chi connectivity index (χ0n) is 11.3. The quantitative estimate of drug-likeness (QED) is 0.381. The third-order valence-electron chi connectivity index (χ3n) is 3.66. The third-order valence-corrected chi connectivity index (χ3v) is 3.66. The average molecular weight is 265 g/mol.